The van der Waals surface area contributed by atoms with Gasteiger partial charge >= 0.3 is 11.6 Å². The number of hydrogen-bond donors (Lipinski definition) is 2. The summed E-state index contributed by atoms with van der Waals surface area (Å²) in [5, 5.41) is 13.0. The summed E-state index contributed by atoms with van der Waals surface area (Å²) in [6, 6.07) is 12.8. The first-order chi connectivity index (χ1) is 14.0. The van der Waals surface area contributed by atoms with E-state index in [1.807, 2.05) is 31.2 Å². The van der Waals surface area contributed by atoms with Gasteiger partial charge in [-0.15, -0.1) is 0 Å². The summed E-state index contributed by atoms with van der Waals surface area (Å²) in [6.07, 6.45) is 0. The van der Waals surface area contributed by atoms with Crippen LogP contribution in [0, 0.1) is 6.92 Å². The third-order valence-electron chi connectivity index (χ3n) is 4.27. The van der Waals surface area contributed by atoms with Crippen LogP contribution in [0.4, 0.5) is 0 Å². The number of carbonyl (C=O) groups is 2. The SMILES string of the molecule is Cc1cccc(-c2ccc3c(O)c(C(=O)NCC(=O)OC(C)(C)C)c(=O)oc3c2)c1. The van der Waals surface area contributed by atoms with Gasteiger partial charge in [0, 0.05) is 0 Å². The maximum absolute atomic E-state index is 12.4. The Morgan fingerprint density at radius 2 is 1.80 bits per heavy atom. The number of esters is 1. The van der Waals surface area contributed by atoms with Gasteiger partial charge in [-0.1, -0.05) is 35.9 Å². The van der Waals surface area contributed by atoms with E-state index in [2.05, 4.69) is 5.32 Å². The van der Waals surface area contributed by atoms with Crippen LogP contribution in [0.1, 0.15) is 36.7 Å². The maximum Gasteiger partial charge on any atom is 0.353 e. The molecule has 0 saturated carbocycles. The van der Waals surface area contributed by atoms with E-state index in [0.717, 1.165) is 16.7 Å². The number of hydrogen-bond acceptors (Lipinski definition) is 6. The lowest BCUT2D eigenvalue weighted by molar-refractivity contribution is -0.153. The fourth-order valence-electron chi connectivity index (χ4n) is 3.01. The summed E-state index contributed by atoms with van der Waals surface area (Å²) in [6.45, 7) is 6.61. The Balaban J connectivity index is 1.90. The third-order valence-corrected chi connectivity index (χ3v) is 4.27. The molecule has 2 N–H and O–H groups in total. The van der Waals surface area contributed by atoms with Gasteiger partial charge in [0.2, 0.25) is 0 Å². The predicted molar refractivity (Wildman–Crippen MR) is 113 cm³/mol. The smallest absolute Gasteiger partial charge is 0.353 e. The maximum atomic E-state index is 12.4. The van der Waals surface area contributed by atoms with Crippen LogP contribution in [0.3, 0.4) is 0 Å². The summed E-state index contributed by atoms with van der Waals surface area (Å²) in [5.74, 6) is -2.08. The van der Waals surface area contributed by atoms with Crippen LogP contribution in [0.2, 0.25) is 0 Å². The molecule has 1 heterocycles. The summed E-state index contributed by atoms with van der Waals surface area (Å²) >= 11 is 0. The van der Waals surface area contributed by atoms with Crippen molar-refractivity contribution in [3.05, 3.63) is 64.0 Å². The van der Waals surface area contributed by atoms with Crippen LogP contribution in [0.5, 0.6) is 5.75 Å². The van der Waals surface area contributed by atoms with Crippen molar-refractivity contribution in [1.82, 2.24) is 5.32 Å². The zero-order valence-corrected chi connectivity index (χ0v) is 17.2. The van der Waals surface area contributed by atoms with E-state index in [4.69, 9.17) is 9.15 Å². The summed E-state index contributed by atoms with van der Waals surface area (Å²) < 4.78 is 10.4. The quantitative estimate of drug-likeness (QED) is 0.504. The normalized spacial score (nSPS) is 11.3. The lowest BCUT2D eigenvalue weighted by Crippen LogP contribution is -2.36. The fourth-order valence-corrected chi connectivity index (χ4v) is 3.01. The van der Waals surface area contributed by atoms with E-state index >= 15 is 0 Å². The third kappa shape index (κ3) is 4.68. The van der Waals surface area contributed by atoms with Gasteiger partial charge in [-0.25, -0.2) is 4.79 Å². The number of carbonyl (C=O) groups excluding carboxylic acids is 2. The van der Waals surface area contributed by atoms with Crippen LogP contribution in [-0.4, -0.2) is 29.1 Å². The van der Waals surface area contributed by atoms with Gasteiger partial charge in [0.1, 0.15) is 23.5 Å². The average Bonchev–Trinajstić information content (AvgIpc) is 2.64. The number of amides is 1. The molecule has 3 aromatic rings. The molecule has 1 amide bonds. The van der Waals surface area contributed by atoms with Gasteiger partial charge in [0.25, 0.3) is 5.91 Å². The number of benzene rings is 2. The fraction of sp³-hybridized carbons (Fsp3) is 0.261. The van der Waals surface area contributed by atoms with Gasteiger partial charge in [0.15, 0.2) is 5.56 Å². The monoisotopic (exact) mass is 409 g/mol. The van der Waals surface area contributed by atoms with Gasteiger partial charge in [-0.2, -0.15) is 0 Å². The van der Waals surface area contributed by atoms with E-state index < -0.39 is 41.0 Å². The van der Waals surface area contributed by atoms with E-state index in [1.54, 1.807) is 39.0 Å². The van der Waals surface area contributed by atoms with E-state index in [-0.39, 0.29) is 11.0 Å². The number of fused-ring (bicyclic) bond motifs is 1. The first kappa shape index (κ1) is 21.1. The highest BCUT2D eigenvalue weighted by Crippen LogP contribution is 2.30. The Morgan fingerprint density at radius 1 is 1.10 bits per heavy atom. The topological polar surface area (TPSA) is 106 Å². The molecule has 30 heavy (non-hydrogen) atoms. The van der Waals surface area contributed by atoms with Gasteiger partial charge in [-0.05, 0) is 51.0 Å². The molecule has 0 saturated heterocycles. The Bertz CT molecular complexity index is 1190. The lowest BCUT2D eigenvalue weighted by Gasteiger charge is -2.19. The van der Waals surface area contributed by atoms with Gasteiger partial charge < -0.3 is 19.6 Å². The minimum absolute atomic E-state index is 0.153. The van der Waals surface area contributed by atoms with Crippen LogP contribution >= 0.6 is 0 Å². The lowest BCUT2D eigenvalue weighted by atomic mass is 10.0. The summed E-state index contributed by atoms with van der Waals surface area (Å²) in [7, 11) is 0. The van der Waals surface area contributed by atoms with Crippen molar-refractivity contribution in [2.45, 2.75) is 33.3 Å². The molecule has 0 radical (unpaired) electrons. The number of aryl methyl sites for hydroxylation is 1. The standard InChI is InChI=1S/C23H23NO6/c1-13-6-5-7-14(10-13)15-8-9-16-17(11-15)29-22(28)19(20(16)26)21(27)24-12-18(25)30-23(2,3)4/h5-11,26H,12H2,1-4H3,(H,24,27). The zero-order valence-electron chi connectivity index (χ0n) is 17.2. The minimum atomic E-state index is -0.997. The number of ether oxygens (including phenoxy) is 1. The number of rotatable bonds is 4. The highest BCUT2D eigenvalue weighted by Gasteiger charge is 2.23. The Labute approximate surface area is 173 Å². The molecule has 0 aliphatic rings. The van der Waals surface area contributed by atoms with Crippen molar-refractivity contribution >= 4 is 22.8 Å². The van der Waals surface area contributed by atoms with Gasteiger partial charge in [-0.3, -0.25) is 9.59 Å². The Hall–Kier alpha value is -3.61. The Morgan fingerprint density at radius 3 is 2.47 bits per heavy atom. The first-order valence-electron chi connectivity index (χ1n) is 9.42. The van der Waals surface area contributed by atoms with Crippen molar-refractivity contribution in [3.63, 3.8) is 0 Å². The molecule has 0 unspecified atom stereocenters. The van der Waals surface area contributed by atoms with Crippen molar-refractivity contribution in [2.75, 3.05) is 6.54 Å². The van der Waals surface area contributed by atoms with Crippen LogP contribution < -0.4 is 10.9 Å². The molecule has 1 aromatic heterocycles. The van der Waals surface area contributed by atoms with Crippen molar-refractivity contribution in [3.8, 4) is 16.9 Å². The molecule has 0 atom stereocenters. The first-order valence-corrected chi connectivity index (χ1v) is 9.42. The molecule has 0 aliphatic carbocycles. The zero-order chi connectivity index (χ0) is 22.1. The second-order valence-electron chi connectivity index (χ2n) is 7.96. The highest BCUT2D eigenvalue weighted by molar-refractivity contribution is 6.02. The van der Waals surface area contributed by atoms with E-state index in [0.29, 0.717) is 0 Å². The van der Waals surface area contributed by atoms with Gasteiger partial charge in [0.05, 0.1) is 5.39 Å². The van der Waals surface area contributed by atoms with Crippen molar-refractivity contribution < 1.29 is 23.8 Å². The van der Waals surface area contributed by atoms with E-state index in [9.17, 15) is 19.5 Å². The molecule has 7 nitrogen and oxygen atoms in total. The van der Waals surface area contributed by atoms with Crippen LogP contribution in [0.15, 0.2) is 51.7 Å². The van der Waals surface area contributed by atoms with Crippen LogP contribution in [-0.2, 0) is 9.53 Å². The summed E-state index contributed by atoms with van der Waals surface area (Å²) in [4.78, 5) is 36.5. The van der Waals surface area contributed by atoms with Crippen molar-refractivity contribution in [2.24, 2.45) is 0 Å². The number of nitrogens with one attached hydrogen (secondary N) is 1. The van der Waals surface area contributed by atoms with Crippen LogP contribution in [0.25, 0.3) is 22.1 Å². The second-order valence-corrected chi connectivity index (χ2v) is 7.96. The minimum Gasteiger partial charge on any atom is -0.506 e. The van der Waals surface area contributed by atoms with E-state index in [1.165, 1.54) is 0 Å². The second kappa shape index (κ2) is 8.02. The molecule has 7 heteroatoms. The molecule has 0 aliphatic heterocycles. The molecule has 0 spiro atoms. The molecular weight excluding hydrogens is 386 g/mol. The highest BCUT2D eigenvalue weighted by atomic mass is 16.6. The molecular formula is C23H23NO6. The van der Waals surface area contributed by atoms with Crippen molar-refractivity contribution in [1.29, 1.82) is 0 Å². The molecule has 0 fully saturated rings. The molecule has 156 valence electrons. The molecule has 3 rings (SSSR count). The number of aromatic hydroxyl groups is 1. The molecule has 2 aromatic carbocycles. The largest absolute Gasteiger partial charge is 0.506 e. The Kier molecular flexibility index (Phi) is 5.64. The molecule has 0 bridgehead atoms. The summed E-state index contributed by atoms with van der Waals surface area (Å²) in [5.41, 5.74) is 0.696. The average molecular weight is 409 g/mol. The predicted octanol–water partition coefficient (Wildman–Crippen LogP) is 3.55.